The van der Waals surface area contributed by atoms with Gasteiger partial charge in [-0.05, 0) is 37.3 Å². The average molecular weight is 274 g/mol. The highest BCUT2D eigenvalue weighted by atomic mass is 16.5. The molecule has 0 unspecified atom stereocenters. The number of hydrogen-bond acceptors (Lipinski definition) is 3. The van der Waals surface area contributed by atoms with Crippen LogP contribution in [0.25, 0.3) is 0 Å². The van der Waals surface area contributed by atoms with Gasteiger partial charge in [-0.2, -0.15) is 0 Å². The summed E-state index contributed by atoms with van der Waals surface area (Å²) in [5.74, 6) is 0.123. The number of rotatable bonds is 4. The van der Waals surface area contributed by atoms with Crippen LogP contribution < -0.4 is 5.32 Å². The molecule has 1 spiro atoms. The first-order valence-corrected chi connectivity index (χ1v) is 7.58. The number of nitrogens with zero attached hydrogens (tertiary/aromatic N) is 1. The number of aryl methyl sites for hydroxylation is 1. The number of carbonyl (C=O) groups excluding carboxylic acids is 1. The highest BCUT2D eigenvalue weighted by Gasteiger charge is 2.42. The van der Waals surface area contributed by atoms with E-state index in [0.717, 1.165) is 31.2 Å². The minimum absolute atomic E-state index is 0.0846. The molecular weight excluding hydrogens is 252 g/mol. The molecule has 1 aromatic rings. The van der Waals surface area contributed by atoms with Gasteiger partial charge in [0.1, 0.15) is 0 Å². The maximum atomic E-state index is 12.0. The van der Waals surface area contributed by atoms with Gasteiger partial charge in [-0.15, -0.1) is 0 Å². The molecule has 4 nitrogen and oxygen atoms in total. The third-order valence-electron chi connectivity index (χ3n) is 4.45. The van der Waals surface area contributed by atoms with Crippen LogP contribution in [0.1, 0.15) is 44.1 Å². The molecule has 1 saturated carbocycles. The van der Waals surface area contributed by atoms with Crippen molar-refractivity contribution in [2.24, 2.45) is 0 Å². The van der Waals surface area contributed by atoms with Crippen molar-refractivity contribution in [3.8, 4) is 0 Å². The Bertz CT molecular complexity index is 455. The third-order valence-corrected chi connectivity index (χ3v) is 4.45. The Kier molecular flexibility index (Phi) is 4.01. The Morgan fingerprint density at radius 3 is 3.05 bits per heavy atom. The second-order valence-electron chi connectivity index (χ2n) is 6.03. The van der Waals surface area contributed by atoms with Crippen LogP contribution in [0.15, 0.2) is 24.5 Å². The van der Waals surface area contributed by atoms with Crippen molar-refractivity contribution < 1.29 is 9.53 Å². The maximum absolute atomic E-state index is 12.0. The van der Waals surface area contributed by atoms with E-state index in [9.17, 15) is 4.79 Å². The predicted molar refractivity (Wildman–Crippen MR) is 76.3 cm³/mol. The second-order valence-corrected chi connectivity index (χ2v) is 6.03. The van der Waals surface area contributed by atoms with E-state index in [-0.39, 0.29) is 17.6 Å². The topological polar surface area (TPSA) is 51.2 Å². The number of ether oxygens (including phenoxy) is 1. The van der Waals surface area contributed by atoms with Crippen molar-refractivity contribution in [3.63, 3.8) is 0 Å². The fourth-order valence-electron chi connectivity index (χ4n) is 3.41. The van der Waals surface area contributed by atoms with Gasteiger partial charge in [0, 0.05) is 18.8 Å². The van der Waals surface area contributed by atoms with E-state index in [2.05, 4.69) is 10.3 Å². The molecule has 3 rings (SSSR count). The number of amides is 1. The van der Waals surface area contributed by atoms with Crippen molar-refractivity contribution in [1.82, 2.24) is 10.3 Å². The van der Waals surface area contributed by atoms with Crippen LogP contribution in [0.5, 0.6) is 0 Å². The summed E-state index contributed by atoms with van der Waals surface area (Å²) < 4.78 is 5.95. The molecule has 0 aromatic carbocycles. The predicted octanol–water partition coefficient (Wildman–Crippen LogP) is 2.23. The number of nitrogens with one attached hydrogen (secondary N) is 1. The van der Waals surface area contributed by atoms with Crippen LogP contribution in [0.3, 0.4) is 0 Å². The van der Waals surface area contributed by atoms with Gasteiger partial charge in [-0.3, -0.25) is 9.78 Å². The van der Waals surface area contributed by atoms with Crippen LogP contribution in [0.4, 0.5) is 0 Å². The van der Waals surface area contributed by atoms with Crippen molar-refractivity contribution >= 4 is 5.91 Å². The number of carbonyl (C=O) groups is 1. The van der Waals surface area contributed by atoms with Crippen molar-refractivity contribution in [1.29, 1.82) is 0 Å². The summed E-state index contributed by atoms with van der Waals surface area (Å²) in [6.45, 7) is 0.679. The van der Waals surface area contributed by atoms with Crippen LogP contribution >= 0.6 is 0 Å². The van der Waals surface area contributed by atoms with Crippen LogP contribution in [0, 0.1) is 0 Å². The van der Waals surface area contributed by atoms with Gasteiger partial charge in [0.05, 0.1) is 18.2 Å². The van der Waals surface area contributed by atoms with Crippen LogP contribution in [-0.2, 0) is 16.0 Å². The molecule has 20 heavy (non-hydrogen) atoms. The standard InChI is InChI=1S/C16H22N2O2/c19-15(6-5-13-4-3-9-17-11-13)18-14-10-16(20-12-14)7-1-2-8-16/h3-4,9,11,14H,1-2,5-8,10,12H2,(H,18,19)/t14-/m0/s1. The van der Waals surface area contributed by atoms with Crippen molar-refractivity contribution in [2.45, 2.75) is 56.6 Å². The first kappa shape index (κ1) is 13.6. The summed E-state index contributed by atoms with van der Waals surface area (Å²) in [7, 11) is 0. The highest BCUT2D eigenvalue weighted by Crippen LogP contribution is 2.40. The molecular formula is C16H22N2O2. The highest BCUT2D eigenvalue weighted by molar-refractivity contribution is 5.76. The molecule has 108 valence electrons. The molecule has 1 aromatic heterocycles. The Hall–Kier alpha value is -1.42. The molecule has 1 saturated heterocycles. The van der Waals surface area contributed by atoms with E-state index in [4.69, 9.17) is 4.74 Å². The van der Waals surface area contributed by atoms with E-state index in [1.54, 1.807) is 6.20 Å². The van der Waals surface area contributed by atoms with E-state index < -0.39 is 0 Å². The monoisotopic (exact) mass is 274 g/mol. The molecule has 0 radical (unpaired) electrons. The minimum Gasteiger partial charge on any atom is -0.373 e. The maximum Gasteiger partial charge on any atom is 0.220 e. The first-order chi connectivity index (χ1) is 9.76. The second kappa shape index (κ2) is 5.92. The number of aromatic nitrogens is 1. The summed E-state index contributed by atoms with van der Waals surface area (Å²) in [6.07, 6.45) is 10.7. The molecule has 1 aliphatic heterocycles. The molecule has 2 fully saturated rings. The van der Waals surface area contributed by atoms with E-state index in [1.807, 2.05) is 18.3 Å². The summed E-state index contributed by atoms with van der Waals surface area (Å²) in [5, 5.41) is 3.12. The normalized spacial score (nSPS) is 24.1. The minimum atomic E-state index is 0.0846. The Labute approximate surface area is 119 Å². The summed E-state index contributed by atoms with van der Waals surface area (Å²) in [4.78, 5) is 16.1. The molecule has 0 bridgehead atoms. The lowest BCUT2D eigenvalue weighted by atomic mass is 9.96. The van der Waals surface area contributed by atoms with Gasteiger partial charge in [-0.25, -0.2) is 0 Å². The lowest BCUT2D eigenvalue weighted by Gasteiger charge is -2.21. The third kappa shape index (κ3) is 3.18. The summed E-state index contributed by atoms with van der Waals surface area (Å²) in [6, 6.07) is 4.11. The number of hydrogen-bond donors (Lipinski definition) is 1. The summed E-state index contributed by atoms with van der Waals surface area (Å²) in [5.41, 5.74) is 1.19. The van der Waals surface area contributed by atoms with Gasteiger partial charge in [0.25, 0.3) is 0 Å². The number of pyridine rings is 1. The summed E-state index contributed by atoms with van der Waals surface area (Å²) >= 11 is 0. The van der Waals surface area contributed by atoms with E-state index in [1.165, 1.54) is 12.8 Å². The average Bonchev–Trinajstić information content (AvgIpc) is 3.09. The zero-order valence-corrected chi connectivity index (χ0v) is 11.8. The van der Waals surface area contributed by atoms with E-state index in [0.29, 0.717) is 13.0 Å². The SMILES string of the molecule is O=C(CCc1cccnc1)N[C@@H]1COC2(CCCC2)C1. The smallest absolute Gasteiger partial charge is 0.220 e. The Morgan fingerprint density at radius 2 is 2.30 bits per heavy atom. The first-order valence-electron chi connectivity index (χ1n) is 7.58. The van der Waals surface area contributed by atoms with Crippen molar-refractivity contribution in [2.75, 3.05) is 6.61 Å². The molecule has 1 amide bonds. The van der Waals surface area contributed by atoms with Crippen LogP contribution in [-0.4, -0.2) is 29.1 Å². The Morgan fingerprint density at radius 1 is 1.45 bits per heavy atom. The zero-order valence-electron chi connectivity index (χ0n) is 11.8. The lowest BCUT2D eigenvalue weighted by molar-refractivity contribution is -0.121. The van der Waals surface area contributed by atoms with E-state index >= 15 is 0 Å². The fourth-order valence-corrected chi connectivity index (χ4v) is 3.41. The van der Waals surface area contributed by atoms with Crippen LogP contribution in [0.2, 0.25) is 0 Å². The molecule has 1 atom stereocenters. The molecule has 4 heteroatoms. The van der Waals surface area contributed by atoms with Gasteiger partial charge in [0.15, 0.2) is 0 Å². The van der Waals surface area contributed by atoms with Crippen molar-refractivity contribution in [3.05, 3.63) is 30.1 Å². The van der Waals surface area contributed by atoms with Gasteiger partial charge >= 0.3 is 0 Å². The molecule has 1 aliphatic carbocycles. The molecule has 2 aliphatic rings. The zero-order chi connectivity index (χ0) is 13.8. The quantitative estimate of drug-likeness (QED) is 0.916. The fraction of sp³-hybridized carbons (Fsp3) is 0.625. The lowest BCUT2D eigenvalue weighted by Crippen LogP contribution is -2.36. The van der Waals surface area contributed by atoms with Gasteiger partial charge in [-0.1, -0.05) is 18.9 Å². The Balaban J connectivity index is 1.43. The van der Waals surface area contributed by atoms with Gasteiger partial charge in [0.2, 0.25) is 5.91 Å². The molecule has 2 heterocycles. The molecule has 1 N–H and O–H groups in total. The van der Waals surface area contributed by atoms with Gasteiger partial charge < -0.3 is 10.1 Å². The largest absolute Gasteiger partial charge is 0.373 e.